The maximum atomic E-state index is 13.3. The number of thiazole rings is 1. The molecule has 1 saturated heterocycles. The first-order chi connectivity index (χ1) is 12.5. The lowest BCUT2D eigenvalue weighted by Crippen LogP contribution is -2.46. The topological polar surface area (TPSA) is 70.5 Å². The van der Waals surface area contributed by atoms with Gasteiger partial charge in [0.15, 0.2) is 0 Å². The number of aryl methyl sites for hydroxylation is 1. The van der Waals surface area contributed by atoms with Crippen molar-refractivity contribution in [3.8, 4) is 10.6 Å². The molecule has 5 nitrogen and oxygen atoms in total. The number of aliphatic carboxylic acids is 1. The van der Waals surface area contributed by atoms with Crippen molar-refractivity contribution < 1.29 is 14.7 Å². The molecule has 0 bridgehead atoms. The number of hydrogen-bond acceptors (Lipinski definition) is 4. The Balaban J connectivity index is 1.66. The van der Waals surface area contributed by atoms with Crippen LogP contribution in [0.4, 0.5) is 0 Å². The SMILES string of the molecule is Cc1csc(-c2cccc(C(=O)N3C(C(=O)O)CC4CCCCC43)c2)n1. The van der Waals surface area contributed by atoms with Gasteiger partial charge >= 0.3 is 5.97 Å². The van der Waals surface area contributed by atoms with Crippen LogP contribution >= 0.6 is 11.3 Å². The molecule has 1 N–H and O–H groups in total. The molecule has 2 heterocycles. The van der Waals surface area contributed by atoms with Crippen molar-refractivity contribution >= 4 is 23.2 Å². The number of amides is 1. The van der Waals surface area contributed by atoms with E-state index in [-0.39, 0.29) is 11.9 Å². The lowest BCUT2D eigenvalue weighted by atomic mass is 9.84. The van der Waals surface area contributed by atoms with Crippen LogP contribution in [0.5, 0.6) is 0 Å². The van der Waals surface area contributed by atoms with Crippen molar-refractivity contribution in [2.24, 2.45) is 5.92 Å². The fourth-order valence-corrected chi connectivity index (χ4v) is 5.19. The Bertz CT molecular complexity index is 847. The van der Waals surface area contributed by atoms with Gasteiger partial charge in [-0.25, -0.2) is 9.78 Å². The van der Waals surface area contributed by atoms with Crippen LogP contribution in [0, 0.1) is 12.8 Å². The van der Waals surface area contributed by atoms with E-state index in [4.69, 9.17) is 0 Å². The zero-order chi connectivity index (χ0) is 18.3. The van der Waals surface area contributed by atoms with Crippen LogP contribution in [-0.4, -0.2) is 39.0 Å². The second-order valence-corrected chi connectivity index (χ2v) is 8.15. The molecule has 136 valence electrons. The van der Waals surface area contributed by atoms with Gasteiger partial charge in [0.2, 0.25) is 0 Å². The molecule has 3 atom stereocenters. The number of benzene rings is 1. The molecule has 1 aromatic heterocycles. The Morgan fingerprint density at radius 2 is 2.08 bits per heavy atom. The minimum absolute atomic E-state index is 0.0584. The van der Waals surface area contributed by atoms with Gasteiger partial charge in [-0.3, -0.25) is 4.79 Å². The summed E-state index contributed by atoms with van der Waals surface area (Å²) in [7, 11) is 0. The quantitative estimate of drug-likeness (QED) is 0.887. The lowest BCUT2D eigenvalue weighted by molar-refractivity contribution is -0.141. The monoisotopic (exact) mass is 370 g/mol. The van der Waals surface area contributed by atoms with Crippen LogP contribution in [-0.2, 0) is 4.79 Å². The summed E-state index contributed by atoms with van der Waals surface area (Å²) in [5, 5.41) is 12.5. The van der Waals surface area contributed by atoms with Gasteiger partial charge in [0.05, 0.1) is 0 Å². The normalized spacial score (nSPS) is 25.1. The zero-order valence-corrected chi connectivity index (χ0v) is 15.5. The number of rotatable bonds is 3. The molecule has 2 aromatic rings. The third kappa shape index (κ3) is 3.03. The number of carboxylic acids is 1. The summed E-state index contributed by atoms with van der Waals surface area (Å²) in [5.74, 6) is -0.736. The van der Waals surface area contributed by atoms with Crippen molar-refractivity contribution in [2.45, 2.75) is 51.1 Å². The minimum atomic E-state index is -0.889. The highest BCUT2D eigenvalue weighted by molar-refractivity contribution is 7.13. The number of nitrogens with zero attached hydrogens (tertiary/aromatic N) is 2. The van der Waals surface area contributed by atoms with Crippen molar-refractivity contribution in [1.82, 2.24) is 9.88 Å². The third-order valence-electron chi connectivity index (χ3n) is 5.58. The van der Waals surface area contributed by atoms with Crippen molar-refractivity contribution in [3.05, 3.63) is 40.9 Å². The number of carbonyl (C=O) groups is 2. The Morgan fingerprint density at radius 3 is 2.81 bits per heavy atom. The predicted octanol–water partition coefficient (Wildman–Crippen LogP) is 3.98. The summed E-state index contributed by atoms with van der Waals surface area (Å²) < 4.78 is 0. The standard InChI is InChI=1S/C20H22N2O3S/c1-12-11-26-18(21-12)14-6-4-7-15(9-14)19(23)22-16-8-3-2-5-13(16)10-17(22)20(24)25/h4,6-7,9,11,13,16-17H,2-3,5,8,10H2,1H3,(H,24,25). The lowest BCUT2D eigenvalue weighted by Gasteiger charge is -2.33. The smallest absolute Gasteiger partial charge is 0.326 e. The van der Waals surface area contributed by atoms with Crippen LogP contribution in [0.25, 0.3) is 10.6 Å². The van der Waals surface area contributed by atoms with E-state index in [1.165, 1.54) is 0 Å². The van der Waals surface area contributed by atoms with Crippen LogP contribution in [0.2, 0.25) is 0 Å². The molecule has 3 unspecified atom stereocenters. The van der Waals surface area contributed by atoms with Crippen LogP contribution in [0.15, 0.2) is 29.6 Å². The molecule has 0 radical (unpaired) electrons. The third-order valence-corrected chi connectivity index (χ3v) is 6.59. The van der Waals surface area contributed by atoms with Gasteiger partial charge in [0, 0.05) is 28.2 Å². The second-order valence-electron chi connectivity index (χ2n) is 7.29. The molecule has 2 aliphatic rings. The van der Waals surface area contributed by atoms with E-state index in [1.807, 2.05) is 30.5 Å². The first kappa shape index (κ1) is 17.2. The summed E-state index contributed by atoms with van der Waals surface area (Å²) >= 11 is 1.55. The van der Waals surface area contributed by atoms with E-state index in [9.17, 15) is 14.7 Å². The van der Waals surface area contributed by atoms with Crippen LogP contribution in [0.1, 0.15) is 48.2 Å². The maximum absolute atomic E-state index is 13.3. The van der Waals surface area contributed by atoms with Gasteiger partial charge < -0.3 is 10.0 Å². The number of aromatic nitrogens is 1. The molecule has 6 heteroatoms. The van der Waals surface area contributed by atoms with Gasteiger partial charge in [0.25, 0.3) is 5.91 Å². The Kier molecular flexibility index (Phi) is 4.53. The largest absolute Gasteiger partial charge is 0.480 e. The molecule has 1 aliphatic heterocycles. The molecule has 1 aliphatic carbocycles. The minimum Gasteiger partial charge on any atom is -0.480 e. The average molecular weight is 370 g/mol. The number of fused-ring (bicyclic) bond motifs is 1. The Morgan fingerprint density at radius 1 is 1.27 bits per heavy atom. The van der Waals surface area contributed by atoms with Crippen molar-refractivity contribution in [2.75, 3.05) is 0 Å². The van der Waals surface area contributed by atoms with E-state index >= 15 is 0 Å². The predicted molar refractivity (Wildman–Crippen MR) is 100 cm³/mol. The van der Waals surface area contributed by atoms with Gasteiger partial charge in [-0.2, -0.15) is 0 Å². The van der Waals surface area contributed by atoms with Crippen molar-refractivity contribution in [3.63, 3.8) is 0 Å². The molecule has 2 fully saturated rings. The summed E-state index contributed by atoms with van der Waals surface area (Å²) in [6.07, 6.45) is 4.71. The molecule has 1 amide bonds. The van der Waals surface area contributed by atoms with Gasteiger partial charge in [-0.05, 0) is 44.2 Å². The van der Waals surface area contributed by atoms with E-state index in [0.29, 0.717) is 17.9 Å². The number of hydrogen-bond donors (Lipinski definition) is 1. The molecule has 26 heavy (non-hydrogen) atoms. The van der Waals surface area contributed by atoms with E-state index < -0.39 is 12.0 Å². The molecule has 1 saturated carbocycles. The fourth-order valence-electron chi connectivity index (χ4n) is 4.39. The maximum Gasteiger partial charge on any atom is 0.326 e. The second kappa shape index (κ2) is 6.83. The van der Waals surface area contributed by atoms with Crippen LogP contribution in [0.3, 0.4) is 0 Å². The summed E-state index contributed by atoms with van der Waals surface area (Å²) in [6.45, 7) is 1.94. The number of carbonyl (C=O) groups excluding carboxylic acids is 1. The van der Waals surface area contributed by atoms with Crippen LogP contribution < -0.4 is 0 Å². The molecular weight excluding hydrogens is 348 g/mol. The first-order valence-corrected chi connectivity index (χ1v) is 10.0. The van der Waals surface area contributed by atoms with Gasteiger partial charge in [-0.15, -0.1) is 11.3 Å². The van der Waals surface area contributed by atoms with E-state index in [2.05, 4.69) is 4.98 Å². The van der Waals surface area contributed by atoms with Crippen molar-refractivity contribution in [1.29, 1.82) is 0 Å². The van der Waals surface area contributed by atoms with E-state index in [1.54, 1.807) is 22.3 Å². The molecule has 4 rings (SSSR count). The molecular formula is C20H22N2O3S. The Labute approximate surface area is 156 Å². The summed E-state index contributed by atoms with van der Waals surface area (Å²) in [5.41, 5.74) is 2.41. The fraction of sp³-hybridized carbons (Fsp3) is 0.450. The number of carboxylic acid groups (broad SMARTS) is 1. The first-order valence-electron chi connectivity index (χ1n) is 9.12. The van der Waals surface area contributed by atoms with Gasteiger partial charge in [0.1, 0.15) is 11.0 Å². The summed E-state index contributed by atoms with van der Waals surface area (Å²) in [6, 6.07) is 6.77. The van der Waals surface area contributed by atoms with Gasteiger partial charge in [-0.1, -0.05) is 25.0 Å². The molecule has 0 spiro atoms. The molecule has 1 aromatic carbocycles. The highest BCUT2D eigenvalue weighted by Crippen LogP contribution is 2.40. The average Bonchev–Trinajstić information content (AvgIpc) is 3.25. The zero-order valence-electron chi connectivity index (χ0n) is 14.7. The Hall–Kier alpha value is -2.21. The highest BCUT2D eigenvalue weighted by atomic mass is 32.1. The number of likely N-dealkylation sites (tertiary alicyclic amines) is 1. The highest BCUT2D eigenvalue weighted by Gasteiger charge is 2.47. The summed E-state index contributed by atoms with van der Waals surface area (Å²) in [4.78, 5) is 31.2. The van der Waals surface area contributed by atoms with E-state index in [0.717, 1.165) is 41.9 Å².